The van der Waals surface area contributed by atoms with E-state index in [1.54, 1.807) is 4.90 Å². The first-order valence-corrected chi connectivity index (χ1v) is 5.00. The Bertz CT molecular complexity index is 191. The lowest BCUT2D eigenvalue weighted by Crippen LogP contribution is -2.48. The van der Waals surface area contributed by atoms with Gasteiger partial charge in [0.15, 0.2) is 0 Å². The van der Waals surface area contributed by atoms with E-state index in [0.717, 1.165) is 25.3 Å². The minimum absolute atomic E-state index is 0.152. The summed E-state index contributed by atoms with van der Waals surface area (Å²) in [6.07, 6.45) is 2.28. The van der Waals surface area contributed by atoms with Gasteiger partial charge >= 0.3 is 6.03 Å². The van der Waals surface area contributed by atoms with Gasteiger partial charge in [-0.3, -0.25) is 0 Å². The van der Waals surface area contributed by atoms with Crippen molar-refractivity contribution in [2.75, 3.05) is 20.6 Å². The van der Waals surface area contributed by atoms with Gasteiger partial charge < -0.3 is 9.80 Å². The molecule has 1 rings (SSSR count). The first-order chi connectivity index (χ1) is 6.02. The first kappa shape index (κ1) is 10.4. The number of carbonyl (C=O) groups is 1. The monoisotopic (exact) mass is 184 g/mol. The number of urea groups is 1. The van der Waals surface area contributed by atoms with E-state index in [-0.39, 0.29) is 6.03 Å². The maximum Gasteiger partial charge on any atom is 0.319 e. The van der Waals surface area contributed by atoms with Gasteiger partial charge in [-0.05, 0) is 25.7 Å². The van der Waals surface area contributed by atoms with Gasteiger partial charge in [-0.1, -0.05) is 6.92 Å². The lowest BCUT2D eigenvalue weighted by Gasteiger charge is -2.37. The summed E-state index contributed by atoms with van der Waals surface area (Å²) in [6.45, 7) is 5.31. The number of nitrogens with zero attached hydrogens (tertiary/aromatic N) is 2. The molecule has 1 aliphatic heterocycles. The van der Waals surface area contributed by atoms with Gasteiger partial charge in [-0.15, -0.1) is 0 Å². The molecular weight excluding hydrogens is 164 g/mol. The van der Waals surface area contributed by atoms with Crippen molar-refractivity contribution in [3.05, 3.63) is 0 Å². The fraction of sp³-hybridized carbons (Fsp3) is 0.900. The van der Waals surface area contributed by atoms with E-state index in [1.807, 2.05) is 19.0 Å². The molecule has 0 saturated carbocycles. The second kappa shape index (κ2) is 3.99. The molecule has 0 aliphatic carbocycles. The molecule has 2 amide bonds. The minimum Gasteiger partial charge on any atom is -0.331 e. The second-order valence-electron chi connectivity index (χ2n) is 4.35. The van der Waals surface area contributed by atoms with Crippen molar-refractivity contribution in [1.29, 1.82) is 0 Å². The Balaban J connectivity index is 2.56. The quantitative estimate of drug-likeness (QED) is 0.563. The van der Waals surface area contributed by atoms with Crippen LogP contribution in [0.1, 0.15) is 26.7 Å². The van der Waals surface area contributed by atoms with Crippen molar-refractivity contribution >= 4 is 6.03 Å². The van der Waals surface area contributed by atoms with E-state index < -0.39 is 0 Å². The third-order valence-corrected chi connectivity index (χ3v) is 2.77. The Morgan fingerprint density at radius 3 is 2.46 bits per heavy atom. The van der Waals surface area contributed by atoms with Crippen LogP contribution in [0.5, 0.6) is 0 Å². The zero-order valence-corrected chi connectivity index (χ0v) is 9.08. The second-order valence-corrected chi connectivity index (χ2v) is 4.35. The predicted octanol–water partition coefficient (Wildman–Crippen LogP) is 1.79. The normalized spacial score (nSPS) is 28.8. The average Bonchev–Trinajstić information content (AvgIpc) is 2.03. The van der Waals surface area contributed by atoms with Crippen LogP contribution in [-0.4, -0.2) is 42.5 Å². The third kappa shape index (κ3) is 2.36. The van der Waals surface area contributed by atoms with Crippen LogP contribution >= 0.6 is 0 Å². The highest BCUT2D eigenvalue weighted by Gasteiger charge is 2.27. The molecular formula is C10H20N2O. The highest BCUT2D eigenvalue weighted by Crippen LogP contribution is 2.22. The smallest absolute Gasteiger partial charge is 0.319 e. The Kier molecular flexibility index (Phi) is 3.17. The zero-order valence-electron chi connectivity index (χ0n) is 9.08. The summed E-state index contributed by atoms with van der Waals surface area (Å²) in [4.78, 5) is 15.3. The molecule has 1 fully saturated rings. The van der Waals surface area contributed by atoms with Gasteiger partial charge in [0.2, 0.25) is 0 Å². The van der Waals surface area contributed by atoms with Crippen LogP contribution in [-0.2, 0) is 0 Å². The lowest BCUT2D eigenvalue weighted by atomic mass is 9.94. The number of carbonyl (C=O) groups excluding carboxylic acids is 1. The molecule has 0 aromatic heterocycles. The Morgan fingerprint density at radius 1 is 1.38 bits per heavy atom. The highest BCUT2D eigenvalue weighted by molar-refractivity contribution is 5.74. The average molecular weight is 184 g/mol. The number of rotatable bonds is 0. The molecule has 1 heterocycles. The van der Waals surface area contributed by atoms with Crippen molar-refractivity contribution in [2.45, 2.75) is 32.7 Å². The molecule has 3 nitrogen and oxygen atoms in total. The molecule has 0 spiro atoms. The van der Waals surface area contributed by atoms with Gasteiger partial charge in [-0.2, -0.15) is 0 Å². The van der Waals surface area contributed by atoms with E-state index in [0.29, 0.717) is 6.04 Å². The topological polar surface area (TPSA) is 23.6 Å². The Hall–Kier alpha value is -0.730. The molecule has 13 heavy (non-hydrogen) atoms. The Labute approximate surface area is 80.7 Å². The predicted molar refractivity (Wildman–Crippen MR) is 53.6 cm³/mol. The van der Waals surface area contributed by atoms with E-state index in [2.05, 4.69) is 13.8 Å². The van der Waals surface area contributed by atoms with Crippen LogP contribution in [0.4, 0.5) is 4.79 Å². The van der Waals surface area contributed by atoms with Crippen LogP contribution in [0.2, 0.25) is 0 Å². The standard InChI is InChI=1S/C10H20N2O/c1-8-5-6-12(9(2)7-8)10(13)11(3)4/h8-9H,5-7H2,1-4H3. The molecule has 0 aromatic rings. The third-order valence-electron chi connectivity index (χ3n) is 2.77. The van der Waals surface area contributed by atoms with Crippen LogP contribution in [0.3, 0.4) is 0 Å². The summed E-state index contributed by atoms with van der Waals surface area (Å²) in [5, 5.41) is 0. The summed E-state index contributed by atoms with van der Waals surface area (Å²) in [5.41, 5.74) is 0. The minimum atomic E-state index is 0.152. The van der Waals surface area contributed by atoms with Crippen molar-refractivity contribution in [3.63, 3.8) is 0 Å². The SMILES string of the molecule is CC1CCN(C(=O)N(C)C)C(C)C1. The number of piperidine rings is 1. The molecule has 3 heteroatoms. The summed E-state index contributed by atoms with van der Waals surface area (Å²) in [6, 6.07) is 0.554. The van der Waals surface area contributed by atoms with E-state index in [9.17, 15) is 4.79 Å². The number of likely N-dealkylation sites (tertiary alicyclic amines) is 1. The molecule has 0 bridgehead atoms. The molecule has 0 radical (unpaired) electrons. The summed E-state index contributed by atoms with van der Waals surface area (Å²) < 4.78 is 0. The fourth-order valence-electron chi connectivity index (χ4n) is 1.95. The van der Waals surface area contributed by atoms with Crippen molar-refractivity contribution in [3.8, 4) is 0 Å². The van der Waals surface area contributed by atoms with Crippen LogP contribution in [0.25, 0.3) is 0 Å². The fourth-order valence-corrected chi connectivity index (χ4v) is 1.95. The van der Waals surface area contributed by atoms with Gasteiger partial charge in [0.25, 0.3) is 0 Å². The van der Waals surface area contributed by atoms with Gasteiger partial charge in [0.1, 0.15) is 0 Å². The zero-order chi connectivity index (χ0) is 10.0. The van der Waals surface area contributed by atoms with Crippen LogP contribution in [0, 0.1) is 5.92 Å². The first-order valence-electron chi connectivity index (χ1n) is 5.00. The number of hydrogen-bond acceptors (Lipinski definition) is 1. The molecule has 1 aliphatic rings. The molecule has 2 atom stereocenters. The van der Waals surface area contributed by atoms with Gasteiger partial charge in [0, 0.05) is 26.7 Å². The number of hydrogen-bond donors (Lipinski definition) is 0. The summed E-state index contributed by atoms with van der Waals surface area (Å²) in [5.74, 6) is 0.765. The largest absolute Gasteiger partial charge is 0.331 e. The van der Waals surface area contributed by atoms with E-state index in [4.69, 9.17) is 0 Å². The Morgan fingerprint density at radius 2 is 2.00 bits per heavy atom. The van der Waals surface area contributed by atoms with Gasteiger partial charge in [-0.25, -0.2) is 4.79 Å². The van der Waals surface area contributed by atoms with Gasteiger partial charge in [0.05, 0.1) is 0 Å². The maximum atomic E-state index is 11.7. The van der Waals surface area contributed by atoms with E-state index >= 15 is 0 Å². The van der Waals surface area contributed by atoms with Crippen molar-refractivity contribution < 1.29 is 4.79 Å². The van der Waals surface area contributed by atoms with E-state index in [1.165, 1.54) is 0 Å². The lowest BCUT2D eigenvalue weighted by molar-refractivity contribution is 0.120. The maximum absolute atomic E-state index is 11.7. The molecule has 76 valence electrons. The highest BCUT2D eigenvalue weighted by atomic mass is 16.2. The van der Waals surface area contributed by atoms with Crippen LogP contribution < -0.4 is 0 Å². The molecule has 1 saturated heterocycles. The molecule has 0 N–H and O–H groups in total. The molecule has 0 aromatic carbocycles. The van der Waals surface area contributed by atoms with Crippen molar-refractivity contribution in [1.82, 2.24) is 9.80 Å². The van der Waals surface area contributed by atoms with Crippen molar-refractivity contribution in [2.24, 2.45) is 5.92 Å². The van der Waals surface area contributed by atoms with Crippen LogP contribution in [0.15, 0.2) is 0 Å². The molecule has 2 unspecified atom stereocenters. The summed E-state index contributed by atoms with van der Waals surface area (Å²) >= 11 is 0. The summed E-state index contributed by atoms with van der Waals surface area (Å²) in [7, 11) is 3.63. The number of amides is 2.